The molecule has 2 aliphatic rings. The van der Waals surface area contributed by atoms with Gasteiger partial charge < -0.3 is 4.84 Å². The molecule has 0 amide bonds. The lowest BCUT2D eigenvalue weighted by atomic mass is 9.97. The van der Waals surface area contributed by atoms with Crippen molar-refractivity contribution in [2.24, 2.45) is 0 Å². The Bertz CT molecular complexity index is 252. The van der Waals surface area contributed by atoms with E-state index in [0.717, 1.165) is 19.3 Å². The Hall–Kier alpha value is -0.900. The second-order valence-electron chi connectivity index (χ2n) is 3.94. The maximum absolute atomic E-state index is 11.7. The molecule has 2 heterocycles. The average Bonchev–Trinajstić information content (AvgIpc) is 2.16. The van der Waals surface area contributed by atoms with E-state index in [1.807, 2.05) is 0 Å². The number of nitrogens with zero attached hydrogens (tertiary/aromatic N) is 1. The molecule has 0 radical (unpaired) electrons. The number of carbonyl (C=O) groups excluding carboxylic acids is 2. The second-order valence-corrected chi connectivity index (χ2v) is 3.94. The van der Waals surface area contributed by atoms with Crippen LogP contribution in [0.2, 0.25) is 0 Å². The van der Waals surface area contributed by atoms with Crippen molar-refractivity contribution in [3.63, 3.8) is 0 Å². The molecule has 2 fully saturated rings. The van der Waals surface area contributed by atoms with E-state index in [-0.39, 0.29) is 17.8 Å². The zero-order valence-corrected chi connectivity index (χ0v) is 8.20. The molecule has 0 bridgehead atoms. The molecule has 14 heavy (non-hydrogen) atoms. The molecule has 1 unspecified atom stereocenters. The van der Waals surface area contributed by atoms with E-state index in [4.69, 9.17) is 4.84 Å². The van der Waals surface area contributed by atoms with Gasteiger partial charge in [0.1, 0.15) is 6.04 Å². The van der Waals surface area contributed by atoms with Crippen LogP contribution in [0.1, 0.15) is 38.5 Å². The minimum Gasteiger partial charge on any atom is -0.367 e. The highest BCUT2D eigenvalue weighted by molar-refractivity contribution is 5.85. The number of rotatable bonds is 0. The van der Waals surface area contributed by atoms with Gasteiger partial charge in [0.2, 0.25) is 0 Å². The van der Waals surface area contributed by atoms with Gasteiger partial charge in [-0.15, -0.1) is 5.06 Å². The Morgan fingerprint density at radius 3 is 2.86 bits per heavy atom. The molecule has 2 rings (SSSR count). The lowest BCUT2D eigenvalue weighted by Gasteiger charge is -2.33. The van der Waals surface area contributed by atoms with Crippen LogP contribution in [0.5, 0.6) is 0 Å². The summed E-state index contributed by atoms with van der Waals surface area (Å²) in [5, 5.41) is 1.59. The summed E-state index contributed by atoms with van der Waals surface area (Å²) < 4.78 is 0. The summed E-state index contributed by atoms with van der Waals surface area (Å²) in [5.74, 6) is 0.0431. The van der Waals surface area contributed by atoms with Gasteiger partial charge in [-0.2, -0.15) is 0 Å². The lowest BCUT2D eigenvalue weighted by molar-refractivity contribution is -0.210. The van der Waals surface area contributed by atoms with E-state index in [0.29, 0.717) is 25.8 Å². The minimum absolute atomic E-state index is 0.159. The molecular formula is C10H15NO3. The fraction of sp³-hybridized carbons (Fsp3) is 0.800. The molecular weight excluding hydrogens is 182 g/mol. The topological polar surface area (TPSA) is 46.6 Å². The zero-order chi connectivity index (χ0) is 9.97. The second kappa shape index (κ2) is 4.09. The summed E-state index contributed by atoms with van der Waals surface area (Å²) in [7, 11) is 0. The largest absolute Gasteiger partial charge is 0.367 e. The number of carbonyl (C=O) groups is 2. The first kappa shape index (κ1) is 9.65. The number of hydrogen-bond donors (Lipinski definition) is 0. The van der Waals surface area contributed by atoms with Crippen molar-refractivity contribution in [3.05, 3.63) is 0 Å². The van der Waals surface area contributed by atoms with Crippen LogP contribution >= 0.6 is 0 Å². The molecule has 0 aliphatic carbocycles. The Labute approximate surface area is 83.2 Å². The highest BCUT2D eigenvalue weighted by atomic mass is 16.7. The zero-order valence-electron chi connectivity index (χ0n) is 8.20. The quantitative estimate of drug-likeness (QED) is 0.582. The summed E-state index contributed by atoms with van der Waals surface area (Å²) in [4.78, 5) is 28.0. The molecule has 2 saturated heterocycles. The number of Topliss-reactive ketones (excluding diaryl/α,β-unsaturated/α-hetero) is 1. The van der Waals surface area contributed by atoms with Gasteiger partial charge in [0.25, 0.3) is 0 Å². The van der Waals surface area contributed by atoms with E-state index < -0.39 is 0 Å². The molecule has 78 valence electrons. The molecule has 0 aromatic carbocycles. The standard InChI is InChI=1S/C10H15NO3/c12-9-5-3-6-10(13)14-11-7-2-1-4-8(9)11/h8H,1-7H2. The highest BCUT2D eigenvalue weighted by Crippen LogP contribution is 2.22. The first-order chi connectivity index (χ1) is 6.77. The fourth-order valence-corrected chi connectivity index (χ4v) is 2.09. The maximum atomic E-state index is 11.7. The van der Waals surface area contributed by atoms with Crippen LogP contribution in [-0.4, -0.2) is 29.4 Å². The number of ketones is 1. The Morgan fingerprint density at radius 1 is 1.14 bits per heavy atom. The van der Waals surface area contributed by atoms with Crippen molar-refractivity contribution < 1.29 is 14.4 Å². The van der Waals surface area contributed by atoms with Crippen molar-refractivity contribution in [2.45, 2.75) is 44.6 Å². The van der Waals surface area contributed by atoms with E-state index in [2.05, 4.69) is 0 Å². The van der Waals surface area contributed by atoms with Crippen LogP contribution in [0, 0.1) is 0 Å². The normalized spacial score (nSPS) is 30.1. The van der Waals surface area contributed by atoms with Crippen LogP contribution in [0.25, 0.3) is 0 Å². The third-order valence-corrected chi connectivity index (χ3v) is 2.85. The van der Waals surface area contributed by atoms with Crippen LogP contribution in [0.3, 0.4) is 0 Å². The molecule has 2 aliphatic heterocycles. The number of fused-ring (bicyclic) bond motifs is 1. The van der Waals surface area contributed by atoms with Gasteiger partial charge in [-0.3, -0.25) is 9.59 Å². The van der Waals surface area contributed by atoms with Crippen molar-refractivity contribution in [1.29, 1.82) is 0 Å². The summed E-state index contributed by atoms with van der Waals surface area (Å²) in [6.07, 6.45) is 4.45. The molecule has 0 spiro atoms. The van der Waals surface area contributed by atoms with Crippen molar-refractivity contribution in [1.82, 2.24) is 5.06 Å². The molecule has 0 aromatic rings. The Balaban J connectivity index is 2.09. The smallest absolute Gasteiger partial charge is 0.325 e. The lowest BCUT2D eigenvalue weighted by Crippen LogP contribution is -2.46. The van der Waals surface area contributed by atoms with Crippen LogP contribution in [0.15, 0.2) is 0 Å². The Kier molecular flexibility index (Phi) is 2.82. The van der Waals surface area contributed by atoms with Gasteiger partial charge in [0.15, 0.2) is 5.78 Å². The number of hydrogen-bond acceptors (Lipinski definition) is 4. The van der Waals surface area contributed by atoms with Gasteiger partial charge in [-0.05, 0) is 25.7 Å². The van der Waals surface area contributed by atoms with Crippen molar-refractivity contribution >= 4 is 11.8 Å². The van der Waals surface area contributed by atoms with Gasteiger partial charge in [-0.1, -0.05) is 0 Å². The van der Waals surface area contributed by atoms with Gasteiger partial charge in [-0.25, -0.2) is 0 Å². The number of hydroxylamine groups is 2. The highest BCUT2D eigenvalue weighted by Gasteiger charge is 2.32. The molecule has 0 aromatic heterocycles. The summed E-state index contributed by atoms with van der Waals surface area (Å²) in [5.41, 5.74) is 0. The first-order valence-corrected chi connectivity index (χ1v) is 5.27. The summed E-state index contributed by atoms with van der Waals surface area (Å²) in [6, 6.07) is -0.159. The molecule has 0 N–H and O–H groups in total. The number of piperidine rings is 1. The van der Waals surface area contributed by atoms with Crippen molar-refractivity contribution in [2.75, 3.05) is 6.54 Å². The SMILES string of the molecule is O=C1CCCC(=O)C2CCCCN2O1. The maximum Gasteiger partial charge on any atom is 0.325 e. The van der Waals surface area contributed by atoms with E-state index >= 15 is 0 Å². The van der Waals surface area contributed by atoms with Gasteiger partial charge in [0.05, 0.1) is 0 Å². The predicted octanol–water partition coefficient (Wildman–Crippen LogP) is 1.05. The van der Waals surface area contributed by atoms with Crippen LogP contribution < -0.4 is 0 Å². The molecule has 0 saturated carbocycles. The molecule has 4 nitrogen and oxygen atoms in total. The monoisotopic (exact) mass is 197 g/mol. The van der Waals surface area contributed by atoms with E-state index in [1.54, 1.807) is 5.06 Å². The fourth-order valence-electron chi connectivity index (χ4n) is 2.09. The average molecular weight is 197 g/mol. The van der Waals surface area contributed by atoms with Gasteiger partial charge >= 0.3 is 5.97 Å². The van der Waals surface area contributed by atoms with Crippen LogP contribution in [0.4, 0.5) is 0 Å². The minimum atomic E-state index is -0.190. The third-order valence-electron chi connectivity index (χ3n) is 2.85. The van der Waals surface area contributed by atoms with E-state index in [1.165, 1.54) is 0 Å². The van der Waals surface area contributed by atoms with Crippen molar-refractivity contribution in [3.8, 4) is 0 Å². The molecule has 1 atom stereocenters. The molecule has 4 heteroatoms. The van der Waals surface area contributed by atoms with Crippen LogP contribution in [-0.2, 0) is 14.4 Å². The first-order valence-electron chi connectivity index (χ1n) is 5.27. The van der Waals surface area contributed by atoms with Gasteiger partial charge in [0, 0.05) is 19.4 Å². The Morgan fingerprint density at radius 2 is 2.00 bits per heavy atom. The van der Waals surface area contributed by atoms with E-state index in [9.17, 15) is 9.59 Å². The summed E-state index contributed by atoms with van der Waals surface area (Å²) in [6.45, 7) is 0.710. The predicted molar refractivity (Wildman–Crippen MR) is 49.3 cm³/mol. The third kappa shape index (κ3) is 1.95. The summed E-state index contributed by atoms with van der Waals surface area (Å²) >= 11 is 0.